The van der Waals surface area contributed by atoms with Gasteiger partial charge in [-0.1, -0.05) is 0 Å². The third-order valence-corrected chi connectivity index (χ3v) is 2.81. The van der Waals surface area contributed by atoms with Crippen molar-refractivity contribution < 1.29 is 19.4 Å². The summed E-state index contributed by atoms with van der Waals surface area (Å²) in [5, 5.41) is 9.01. The molecule has 1 aromatic rings. The van der Waals surface area contributed by atoms with Crippen LogP contribution >= 0.6 is 0 Å². The van der Waals surface area contributed by atoms with E-state index in [1.54, 1.807) is 6.07 Å². The summed E-state index contributed by atoms with van der Waals surface area (Å²) in [6.45, 7) is 3.69. The van der Waals surface area contributed by atoms with Crippen LogP contribution in [0.2, 0.25) is 0 Å². The first-order valence-electron chi connectivity index (χ1n) is 5.14. The van der Waals surface area contributed by atoms with Crippen molar-refractivity contribution in [1.82, 2.24) is 0 Å². The molecule has 0 fully saturated rings. The molecule has 0 aromatic heterocycles. The lowest BCUT2D eigenvalue weighted by Crippen LogP contribution is -2.23. The number of hydrogen-bond donors (Lipinski definition) is 2. The number of hydrogen-bond acceptors (Lipinski definition) is 4. The van der Waals surface area contributed by atoms with Crippen LogP contribution in [-0.4, -0.2) is 25.3 Å². The molecule has 0 aliphatic carbocycles. The van der Waals surface area contributed by atoms with Crippen LogP contribution in [0.5, 0.6) is 11.5 Å². The predicted octanol–water partition coefficient (Wildman–Crippen LogP) is 1.41. The maximum Gasteiger partial charge on any atom is 0.325 e. The molecule has 17 heavy (non-hydrogen) atoms. The van der Waals surface area contributed by atoms with E-state index in [1.807, 2.05) is 13.8 Å². The molecular formula is C12H17NO4. The second-order valence-corrected chi connectivity index (χ2v) is 3.78. The first-order valence-corrected chi connectivity index (χ1v) is 5.14. The fourth-order valence-corrected chi connectivity index (χ4v) is 1.75. The summed E-state index contributed by atoms with van der Waals surface area (Å²) in [6.07, 6.45) is 0. The van der Waals surface area contributed by atoms with Crippen molar-refractivity contribution in [2.24, 2.45) is 5.73 Å². The summed E-state index contributed by atoms with van der Waals surface area (Å²) in [5.74, 6) is -0.230. The third kappa shape index (κ3) is 2.34. The zero-order chi connectivity index (χ0) is 13.2. The highest BCUT2D eigenvalue weighted by molar-refractivity contribution is 5.78. The van der Waals surface area contributed by atoms with Gasteiger partial charge in [0.2, 0.25) is 0 Å². The van der Waals surface area contributed by atoms with Gasteiger partial charge in [-0.2, -0.15) is 0 Å². The van der Waals surface area contributed by atoms with Crippen molar-refractivity contribution in [3.8, 4) is 11.5 Å². The number of benzene rings is 1. The molecular weight excluding hydrogens is 222 g/mol. The minimum absolute atomic E-state index is 0.380. The van der Waals surface area contributed by atoms with Gasteiger partial charge in [0.05, 0.1) is 14.2 Å². The van der Waals surface area contributed by atoms with E-state index in [0.29, 0.717) is 17.1 Å². The van der Waals surface area contributed by atoms with E-state index in [9.17, 15) is 4.79 Å². The number of ether oxygens (including phenoxy) is 2. The summed E-state index contributed by atoms with van der Waals surface area (Å²) in [5.41, 5.74) is 7.84. The molecule has 0 heterocycles. The molecule has 1 rings (SSSR count). The van der Waals surface area contributed by atoms with Crippen molar-refractivity contribution in [2.45, 2.75) is 19.9 Å². The smallest absolute Gasteiger partial charge is 0.325 e. The number of aryl methyl sites for hydroxylation is 1. The average Bonchev–Trinajstić information content (AvgIpc) is 2.30. The normalized spacial score (nSPS) is 12.1. The summed E-state index contributed by atoms with van der Waals surface area (Å²) < 4.78 is 10.4. The molecule has 0 bridgehead atoms. The van der Waals surface area contributed by atoms with Crippen molar-refractivity contribution >= 4 is 5.97 Å². The largest absolute Gasteiger partial charge is 0.493 e. The van der Waals surface area contributed by atoms with Crippen molar-refractivity contribution in [3.63, 3.8) is 0 Å². The van der Waals surface area contributed by atoms with E-state index in [0.717, 1.165) is 11.1 Å². The van der Waals surface area contributed by atoms with E-state index in [1.165, 1.54) is 14.2 Å². The SMILES string of the molecule is COc1cc(C)c(C)c(C(N)C(=O)O)c1OC. The topological polar surface area (TPSA) is 81.8 Å². The Morgan fingerprint density at radius 3 is 2.35 bits per heavy atom. The van der Waals surface area contributed by atoms with Crippen molar-refractivity contribution in [2.75, 3.05) is 14.2 Å². The van der Waals surface area contributed by atoms with Crippen LogP contribution in [0.1, 0.15) is 22.7 Å². The Morgan fingerprint density at radius 1 is 1.35 bits per heavy atom. The van der Waals surface area contributed by atoms with E-state index in [-0.39, 0.29) is 0 Å². The Labute approximate surface area is 100 Å². The van der Waals surface area contributed by atoms with Crippen LogP contribution in [0.15, 0.2) is 6.07 Å². The lowest BCUT2D eigenvalue weighted by Gasteiger charge is -2.19. The van der Waals surface area contributed by atoms with E-state index in [2.05, 4.69) is 0 Å². The molecule has 94 valence electrons. The number of carbonyl (C=O) groups is 1. The maximum atomic E-state index is 11.0. The van der Waals surface area contributed by atoms with Gasteiger partial charge in [0, 0.05) is 5.56 Å². The fourth-order valence-electron chi connectivity index (χ4n) is 1.75. The van der Waals surface area contributed by atoms with Crippen LogP contribution in [0.4, 0.5) is 0 Å². The first kappa shape index (κ1) is 13.3. The number of rotatable bonds is 4. The van der Waals surface area contributed by atoms with Gasteiger partial charge in [-0.05, 0) is 31.0 Å². The van der Waals surface area contributed by atoms with Gasteiger partial charge in [0.25, 0.3) is 0 Å². The monoisotopic (exact) mass is 239 g/mol. The number of nitrogens with two attached hydrogens (primary N) is 1. The van der Waals surface area contributed by atoms with Gasteiger partial charge in [-0.25, -0.2) is 0 Å². The molecule has 1 atom stereocenters. The van der Waals surface area contributed by atoms with Gasteiger partial charge in [-0.15, -0.1) is 0 Å². The predicted molar refractivity (Wildman–Crippen MR) is 63.6 cm³/mol. The maximum absolute atomic E-state index is 11.0. The molecule has 0 saturated carbocycles. The lowest BCUT2D eigenvalue weighted by molar-refractivity contribution is -0.138. The number of carboxylic acid groups (broad SMARTS) is 1. The molecule has 1 aromatic carbocycles. The third-order valence-electron chi connectivity index (χ3n) is 2.81. The molecule has 1 unspecified atom stereocenters. The second-order valence-electron chi connectivity index (χ2n) is 3.78. The summed E-state index contributed by atoms with van der Waals surface area (Å²) in [6, 6.07) is 0.672. The summed E-state index contributed by atoms with van der Waals surface area (Å²) >= 11 is 0. The molecule has 0 spiro atoms. The quantitative estimate of drug-likeness (QED) is 0.830. The van der Waals surface area contributed by atoms with Crippen LogP contribution in [-0.2, 0) is 4.79 Å². The minimum atomic E-state index is -1.13. The summed E-state index contributed by atoms with van der Waals surface area (Å²) in [4.78, 5) is 11.0. The van der Waals surface area contributed by atoms with Gasteiger partial charge >= 0.3 is 5.97 Å². The van der Waals surface area contributed by atoms with Gasteiger partial charge in [-0.3, -0.25) is 4.79 Å². The Morgan fingerprint density at radius 2 is 1.94 bits per heavy atom. The van der Waals surface area contributed by atoms with Gasteiger partial charge in [0.15, 0.2) is 11.5 Å². The Hall–Kier alpha value is -1.75. The average molecular weight is 239 g/mol. The first-order chi connectivity index (χ1) is 7.93. The van der Waals surface area contributed by atoms with E-state index < -0.39 is 12.0 Å². The van der Waals surface area contributed by atoms with Crippen molar-refractivity contribution in [1.29, 1.82) is 0 Å². The lowest BCUT2D eigenvalue weighted by atomic mass is 9.96. The van der Waals surface area contributed by atoms with Crippen LogP contribution in [0, 0.1) is 13.8 Å². The molecule has 5 heteroatoms. The molecule has 0 aliphatic rings. The molecule has 0 saturated heterocycles. The second kappa shape index (κ2) is 5.05. The van der Waals surface area contributed by atoms with Gasteiger partial charge < -0.3 is 20.3 Å². The minimum Gasteiger partial charge on any atom is -0.493 e. The molecule has 0 aliphatic heterocycles. The zero-order valence-corrected chi connectivity index (χ0v) is 10.4. The Kier molecular flexibility index (Phi) is 3.96. The number of methoxy groups -OCH3 is 2. The van der Waals surface area contributed by atoms with Crippen molar-refractivity contribution in [3.05, 3.63) is 22.8 Å². The van der Waals surface area contributed by atoms with Crippen LogP contribution in [0.3, 0.4) is 0 Å². The highest BCUT2D eigenvalue weighted by Gasteiger charge is 2.25. The van der Waals surface area contributed by atoms with Crippen LogP contribution < -0.4 is 15.2 Å². The van der Waals surface area contributed by atoms with E-state index >= 15 is 0 Å². The highest BCUT2D eigenvalue weighted by atomic mass is 16.5. The highest BCUT2D eigenvalue weighted by Crippen LogP contribution is 2.38. The van der Waals surface area contributed by atoms with E-state index in [4.69, 9.17) is 20.3 Å². The summed E-state index contributed by atoms with van der Waals surface area (Å²) in [7, 11) is 2.97. The Bertz CT molecular complexity index is 443. The molecule has 5 nitrogen and oxygen atoms in total. The standard InChI is InChI=1S/C12H17NO4/c1-6-5-8(16-3)11(17-4)9(7(6)2)10(13)12(14)15/h5,10H,13H2,1-4H3,(H,14,15). The van der Waals surface area contributed by atoms with Crippen LogP contribution in [0.25, 0.3) is 0 Å². The number of aliphatic carboxylic acids is 1. The molecule has 0 radical (unpaired) electrons. The Balaban J connectivity index is 3.53. The molecule has 3 N–H and O–H groups in total. The fraction of sp³-hybridized carbons (Fsp3) is 0.417. The molecule has 0 amide bonds. The zero-order valence-electron chi connectivity index (χ0n) is 10.4. The van der Waals surface area contributed by atoms with Gasteiger partial charge in [0.1, 0.15) is 6.04 Å². The number of carboxylic acids is 1.